The van der Waals surface area contributed by atoms with Gasteiger partial charge in [-0.05, 0) is 37.4 Å². The fraction of sp³-hybridized carbons (Fsp3) is 0.154. The van der Waals surface area contributed by atoms with Gasteiger partial charge in [-0.3, -0.25) is 19.3 Å². The fourth-order valence-corrected chi connectivity index (χ4v) is 1.97. The standard InChI is InChI=1S/C13H13N3O2S/c1-3-6-16-12(18)10(11(17)15-13(16)19)7-9-5-4-8(2)14-9/h3-5,7,18H,1,6H2,2H3,(H,15,17,19). The maximum Gasteiger partial charge on any atom is 0.262 e. The normalized spacial score (nSPS) is 15.8. The molecule has 0 saturated carbocycles. The van der Waals surface area contributed by atoms with E-state index < -0.39 is 5.56 Å². The van der Waals surface area contributed by atoms with Crippen LogP contribution in [0.3, 0.4) is 0 Å². The highest BCUT2D eigenvalue weighted by Crippen LogP contribution is 2.19. The lowest BCUT2D eigenvalue weighted by Gasteiger charge is -2.08. The molecule has 98 valence electrons. The number of allylic oxidation sites excluding steroid dienone is 3. The van der Waals surface area contributed by atoms with Gasteiger partial charge in [-0.25, -0.2) is 0 Å². The summed E-state index contributed by atoms with van der Waals surface area (Å²) in [7, 11) is 0. The predicted molar refractivity (Wildman–Crippen MR) is 78.0 cm³/mol. The third-order valence-electron chi connectivity index (χ3n) is 2.61. The zero-order valence-corrected chi connectivity index (χ0v) is 11.2. The van der Waals surface area contributed by atoms with Crippen molar-refractivity contribution in [1.82, 2.24) is 9.55 Å². The van der Waals surface area contributed by atoms with E-state index in [4.69, 9.17) is 12.2 Å². The van der Waals surface area contributed by atoms with Crippen LogP contribution in [0.5, 0.6) is 5.88 Å². The van der Waals surface area contributed by atoms with Crippen LogP contribution >= 0.6 is 12.2 Å². The highest BCUT2D eigenvalue weighted by Gasteiger charge is 2.11. The first-order chi connectivity index (χ1) is 9.02. The van der Waals surface area contributed by atoms with Gasteiger partial charge in [0.25, 0.3) is 5.56 Å². The van der Waals surface area contributed by atoms with Crippen LogP contribution < -0.4 is 5.56 Å². The molecule has 1 aliphatic rings. The molecule has 6 heteroatoms. The predicted octanol–water partition coefficient (Wildman–Crippen LogP) is 2.17. The minimum absolute atomic E-state index is 0.133. The molecule has 0 unspecified atom stereocenters. The Hall–Kier alpha value is -2.21. The van der Waals surface area contributed by atoms with Gasteiger partial charge in [0.1, 0.15) is 5.56 Å². The fourth-order valence-electron chi connectivity index (χ4n) is 1.72. The Morgan fingerprint density at radius 1 is 1.58 bits per heavy atom. The van der Waals surface area contributed by atoms with Crippen molar-refractivity contribution in [2.24, 2.45) is 4.99 Å². The summed E-state index contributed by atoms with van der Waals surface area (Å²) in [6.45, 7) is 5.75. The molecule has 2 heterocycles. The van der Waals surface area contributed by atoms with Gasteiger partial charge < -0.3 is 5.11 Å². The molecular formula is C13H13N3O2S. The van der Waals surface area contributed by atoms with Gasteiger partial charge in [-0.1, -0.05) is 6.08 Å². The monoisotopic (exact) mass is 275 g/mol. The SMILES string of the molecule is C=CCn1c(O)c(C=C2C=CC(C)=N2)c(=O)[nH]c1=S. The van der Waals surface area contributed by atoms with Crippen molar-refractivity contribution in [2.75, 3.05) is 0 Å². The Bertz CT molecular complexity index is 735. The van der Waals surface area contributed by atoms with Crippen LogP contribution in [-0.4, -0.2) is 20.4 Å². The molecule has 0 radical (unpaired) electrons. The molecule has 1 aromatic rings. The molecule has 2 rings (SSSR count). The van der Waals surface area contributed by atoms with Crippen molar-refractivity contribution < 1.29 is 5.11 Å². The average Bonchev–Trinajstić information content (AvgIpc) is 2.76. The number of aliphatic imine (C=N–C) groups is 1. The highest BCUT2D eigenvalue weighted by atomic mass is 32.1. The van der Waals surface area contributed by atoms with Crippen LogP contribution in [0.2, 0.25) is 0 Å². The quantitative estimate of drug-likeness (QED) is 0.656. The lowest BCUT2D eigenvalue weighted by Crippen LogP contribution is -2.16. The van der Waals surface area contributed by atoms with Crippen molar-refractivity contribution in [3.05, 3.63) is 51.2 Å². The third kappa shape index (κ3) is 2.63. The second-order valence-electron chi connectivity index (χ2n) is 4.05. The molecule has 0 spiro atoms. The summed E-state index contributed by atoms with van der Waals surface area (Å²) in [5.74, 6) is -0.186. The summed E-state index contributed by atoms with van der Waals surface area (Å²) >= 11 is 4.99. The molecule has 19 heavy (non-hydrogen) atoms. The maximum absolute atomic E-state index is 11.8. The van der Waals surface area contributed by atoms with Crippen LogP contribution in [0.25, 0.3) is 6.08 Å². The molecule has 1 aliphatic heterocycles. The van der Waals surface area contributed by atoms with Crippen LogP contribution in [0, 0.1) is 4.77 Å². The Balaban J connectivity index is 2.62. The molecule has 0 fully saturated rings. The van der Waals surface area contributed by atoms with Gasteiger partial charge in [0.15, 0.2) is 4.77 Å². The number of hydrogen-bond acceptors (Lipinski definition) is 4. The van der Waals surface area contributed by atoms with E-state index >= 15 is 0 Å². The maximum atomic E-state index is 11.8. The van der Waals surface area contributed by atoms with E-state index in [-0.39, 0.29) is 16.2 Å². The van der Waals surface area contributed by atoms with Gasteiger partial charge in [-0.2, -0.15) is 0 Å². The van der Waals surface area contributed by atoms with Crippen LogP contribution in [0.4, 0.5) is 0 Å². The molecular weight excluding hydrogens is 262 g/mol. The summed E-state index contributed by atoms with van der Waals surface area (Å²) in [6, 6.07) is 0. The molecule has 1 aromatic heterocycles. The van der Waals surface area contributed by atoms with E-state index in [1.807, 2.05) is 13.0 Å². The van der Waals surface area contributed by atoms with Crippen LogP contribution in [-0.2, 0) is 6.54 Å². The number of hydrogen-bond donors (Lipinski definition) is 2. The molecule has 0 bridgehead atoms. The summed E-state index contributed by atoms with van der Waals surface area (Å²) < 4.78 is 1.55. The minimum Gasteiger partial charge on any atom is -0.494 e. The van der Waals surface area contributed by atoms with Gasteiger partial charge in [-0.15, -0.1) is 6.58 Å². The lowest BCUT2D eigenvalue weighted by atomic mass is 10.2. The zero-order chi connectivity index (χ0) is 14.0. The first-order valence-electron chi connectivity index (χ1n) is 5.65. The average molecular weight is 275 g/mol. The molecule has 0 aliphatic carbocycles. The third-order valence-corrected chi connectivity index (χ3v) is 2.93. The topological polar surface area (TPSA) is 70.4 Å². The van der Waals surface area contributed by atoms with E-state index in [0.29, 0.717) is 12.2 Å². The largest absolute Gasteiger partial charge is 0.494 e. The van der Waals surface area contributed by atoms with Crippen molar-refractivity contribution in [3.63, 3.8) is 0 Å². The van der Waals surface area contributed by atoms with Crippen LogP contribution in [0.1, 0.15) is 12.5 Å². The van der Waals surface area contributed by atoms with Crippen molar-refractivity contribution in [2.45, 2.75) is 13.5 Å². The minimum atomic E-state index is -0.441. The Labute approximate surface area is 115 Å². The molecule has 0 atom stereocenters. The molecule has 2 N–H and O–H groups in total. The number of nitrogens with zero attached hydrogens (tertiary/aromatic N) is 2. The number of aromatic nitrogens is 2. The second kappa shape index (κ2) is 5.19. The van der Waals surface area contributed by atoms with Crippen molar-refractivity contribution >= 4 is 24.0 Å². The summed E-state index contributed by atoms with van der Waals surface area (Å²) in [5.41, 5.74) is 1.15. The first kappa shape index (κ1) is 13.2. The number of aromatic hydroxyl groups is 1. The molecule has 0 saturated heterocycles. The van der Waals surface area contributed by atoms with E-state index in [1.54, 1.807) is 12.2 Å². The Kier molecular flexibility index (Phi) is 3.62. The van der Waals surface area contributed by atoms with E-state index in [1.165, 1.54) is 10.6 Å². The van der Waals surface area contributed by atoms with Gasteiger partial charge in [0, 0.05) is 12.3 Å². The first-order valence-corrected chi connectivity index (χ1v) is 6.06. The Morgan fingerprint density at radius 3 is 2.89 bits per heavy atom. The van der Waals surface area contributed by atoms with Crippen molar-refractivity contribution in [1.29, 1.82) is 0 Å². The molecule has 5 nitrogen and oxygen atoms in total. The van der Waals surface area contributed by atoms with E-state index in [2.05, 4.69) is 16.6 Å². The molecule has 0 amide bonds. The van der Waals surface area contributed by atoms with Crippen LogP contribution in [0.15, 0.2) is 40.3 Å². The number of H-pyrrole nitrogens is 1. The summed E-state index contributed by atoms with van der Waals surface area (Å²) in [6.07, 6.45) is 6.71. The summed E-state index contributed by atoms with van der Waals surface area (Å²) in [5, 5.41) is 10.1. The van der Waals surface area contributed by atoms with Gasteiger partial charge in [0.2, 0.25) is 5.88 Å². The van der Waals surface area contributed by atoms with E-state index in [9.17, 15) is 9.90 Å². The molecule has 0 aromatic carbocycles. The van der Waals surface area contributed by atoms with Crippen molar-refractivity contribution in [3.8, 4) is 5.88 Å². The highest BCUT2D eigenvalue weighted by molar-refractivity contribution is 7.71. The van der Waals surface area contributed by atoms with Gasteiger partial charge >= 0.3 is 0 Å². The lowest BCUT2D eigenvalue weighted by molar-refractivity contribution is 0.412. The van der Waals surface area contributed by atoms with Gasteiger partial charge in [0.05, 0.1) is 5.70 Å². The Morgan fingerprint density at radius 2 is 2.32 bits per heavy atom. The zero-order valence-electron chi connectivity index (χ0n) is 10.4. The summed E-state index contributed by atoms with van der Waals surface area (Å²) in [4.78, 5) is 18.6. The second-order valence-corrected chi connectivity index (χ2v) is 4.44. The van der Waals surface area contributed by atoms with E-state index in [0.717, 1.165) is 5.71 Å². The smallest absolute Gasteiger partial charge is 0.262 e. The number of aromatic amines is 1. The number of nitrogens with one attached hydrogen (secondary N) is 1. The number of rotatable bonds is 3.